The zero-order chi connectivity index (χ0) is 17.7. The highest BCUT2D eigenvalue weighted by molar-refractivity contribution is 5.99. The Morgan fingerprint density at radius 1 is 1.17 bits per heavy atom. The zero-order valence-corrected chi connectivity index (χ0v) is 13.6. The van der Waals surface area contributed by atoms with E-state index in [0.29, 0.717) is 22.8 Å². The number of nitrogens with one attached hydrogen (secondary N) is 2. The van der Waals surface area contributed by atoms with Gasteiger partial charge in [-0.15, -0.1) is 0 Å². The lowest BCUT2D eigenvalue weighted by Gasteiger charge is -2.16. The third kappa shape index (κ3) is 4.67. The van der Waals surface area contributed by atoms with E-state index in [4.69, 9.17) is 4.52 Å². The first-order valence-electron chi connectivity index (χ1n) is 7.21. The molecule has 8 nitrogen and oxygen atoms in total. The summed E-state index contributed by atoms with van der Waals surface area (Å²) in [6.45, 7) is 2.99. The molecule has 0 saturated carbocycles. The average molecular weight is 330 g/mol. The molecule has 0 bridgehead atoms. The lowest BCUT2D eigenvalue weighted by Crippen LogP contribution is -2.35. The summed E-state index contributed by atoms with van der Waals surface area (Å²) in [6, 6.07) is 8.01. The molecule has 2 aromatic rings. The SMILES string of the molecule is CC(=O)Nc1ccc(C(=O)N(C)CC(=O)Nc2cc(C)on2)cc1. The monoisotopic (exact) mass is 330 g/mol. The van der Waals surface area contributed by atoms with Crippen LogP contribution in [0.4, 0.5) is 11.5 Å². The number of aryl methyl sites for hydroxylation is 1. The Morgan fingerprint density at radius 2 is 1.83 bits per heavy atom. The molecule has 1 aromatic carbocycles. The number of nitrogens with zero attached hydrogens (tertiary/aromatic N) is 2. The van der Waals surface area contributed by atoms with E-state index in [-0.39, 0.29) is 24.3 Å². The van der Waals surface area contributed by atoms with Gasteiger partial charge in [-0.3, -0.25) is 14.4 Å². The fourth-order valence-corrected chi connectivity index (χ4v) is 2.01. The number of likely N-dealkylation sites (N-methyl/N-ethyl adjacent to an activating group) is 1. The molecule has 0 aliphatic heterocycles. The maximum atomic E-state index is 12.3. The molecule has 8 heteroatoms. The predicted molar refractivity (Wildman–Crippen MR) is 87.6 cm³/mol. The first kappa shape index (κ1) is 17.2. The van der Waals surface area contributed by atoms with Gasteiger partial charge in [-0.1, -0.05) is 5.16 Å². The second-order valence-electron chi connectivity index (χ2n) is 5.29. The maximum absolute atomic E-state index is 12.3. The largest absolute Gasteiger partial charge is 0.360 e. The Kier molecular flexibility index (Phi) is 5.31. The van der Waals surface area contributed by atoms with Crippen LogP contribution in [0, 0.1) is 6.92 Å². The van der Waals surface area contributed by atoms with Crippen molar-refractivity contribution < 1.29 is 18.9 Å². The van der Waals surface area contributed by atoms with E-state index >= 15 is 0 Å². The molecule has 3 amide bonds. The van der Waals surface area contributed by atoms with Crippen molar-refractivity contribution >= 4 is 29.2 Å². The van der Waals surface area contributed by atoms with Crippen LogP contribution in [0.2, 0.25) is 0 Å². The Morgan fingerprint density at radius 3 is 2.38 bits per heavy atom. The van der Waals surface area contributed by atoms with Crippen molar-refractivity contribution in [3.8, 4) is 0 Å². The fourth-order valence-electron chi connectivity index (χ4n) is 2.01. The number of carbonyl (C=O) groups excluding carboxylic acids is 3. The summed E-state index contributed by atoms with van der Waals surface area (Å²) < 4.78 is 4.85. The Hall–Kier alpha value is -3.16. The minimum absolute atomic E-state index is 0.127. The number of benzene rings is 1. The van der Waals surface area contributed by atoms with E-state index in [2.05, 4.69) is 15.8 Å². The van der Waals surface area contributed by atoms with E-state index in [1.165, 1.54) is 18.9 Å². The van der Waals surface area contributed by atoms with Crippen LogP contribution in [-0.4, -0.2) is 41.4 Å². The quantitative estimate of drug-likeness (QED) is 0.867. The molecule has 2 N–H and O–H groups in total. The topological polar surface area (TPSA) is 105 Å². The minimum atomic E-state index is -0.381. The second-order valence-corrected chi connectivity index (χ2v) is 5.29. The summed E-state index contributed by atoms with van der Waals surface area (Å²) in [7, 11) is 1.53. The number of carbonyl (C=O) groups is 3. The van der Waals surface area contributed by atoms with Crippen LogP contribution in [0.3, 0.4) is 0 Å². The highest BCUT2D eigenvalue weighted by atomic mass is 16.5. The maximum Gasteiger partial charge on any atom is 0.254 e. The molecular formula is C16H18N4O4. The van der Waals surface area contributed by atoms with E-state index in [9.17, 15) is 14.4 Å². The molecule has 0 atom stereocenters. The van der Waals surface area contributed by atoms with Gasteiger partial charge in [0.05, 0.1) is 6.54 Å². The lowest BCUT2D eigenvalue weighted by molar-refractivity contribution is -0.116. The molecule has 0 fully saturated rings. The van der Waals surface area contributed by atoms with Crippen molar-refractivity contribution in [2.75, 3.05) is 24.2 Å². The molecule has 0 aliphatic rings. The third-order valence-electron chi connectivity index (χ3n) is 3.08. The number of aromatic nitrogens is 1. The molecule has 0 aliphatic carbocycles. The van der Waals surface area contributed by atoms with E-state index in [1.807, 2.05) is 0 Å². The number of amides is 3. The van der Waals surface area contributed by atoms with Crippen LogP contribution in [-0.2, 0) is 9.59 Å². The van der Waals surface area contributed by atoms with E-state index in [1.54, 1.807) is 37.3 Å². The van der Waals surface area contributed by atoms with Gasteiger partial charge in [0.2, 0.25) is 11.8 Å². The molecule has 0 radical (unpaired) electrons. The normalized spacial score (nSPS) is 10.1. The summed E-state index contributed by atoms with van der Waals surface area (Å²) in [5.74, 6) is 0.00262. The van der Waals surface area contributed by atoms with Crippen molar-refractivity contribution in [1.82, 2.24) is 10.1 Å². The molecule has 0 unspecified atom stereocenters. The van der Waals surface area contributed by atoms with Crippen LogP contribution in [0.1, 0.15) is 23.0 Å². The van der Waals surface area contributed by atoms with Gasteiger partial charge in [-0.2, -0.15) is 0 Å². The summed E-state index contributed by atoms with van der Waals surface area (Å²) in [4.78, 5) is 36.5. The predicted octanol–water partition coefficient (Wildman–Crippen LogP) is 1.65. The molecule has 0 saturated heterocycles. The van der Waals surface area contributed by atoms with Gasteiger partial charge in [0.1, 0.15) is 5.76 Å². The fraction of sp³-hybridized carbons (Fsp3) is 0.250. The third-order valence-corrected chi connectivity index (χ3v) is 3.08. The number of rotatable bonds is 5. The van der Waals surface area contributed by atoms with Crippen LogP contribution < -0.4 is 10.6 Å². The van der Waals surface area contributed by atoms with Crippen molar-refractivity contribution in [2.45, 2.75) is 13.8 Å². The van der Waals surface area contributed by atoms with Gasteiger partial charge in [0, 0.05) is 31.3 Å². The molecule has 2 rings (SSSR count). The highest BCUT2D eigenvalue weighted by Gasteiger charge is 2.16. The first-order valence-corrected chi connectivity index (χ1v) is 7.21. The second kappa shape index (κ2) is 7.40. The molecule has 0 spiro atoms. The minimum Gasteiger partial charge on any atom is -0.360 e. The van der Waals surface area contributed by atoms with Gasteiger partial charge in [-0.05, 0) is 31.2 Å². The lowest BCUT2D eigenvalue weighted by atomic mass is 10.2. The van der Waals surface area contributed by atoms with Crippen LogP contribution in [0.25, 0.3) is 0 Å². The Labute approximate surface area is 138 Å². The molecular weight excluding hydrogens is 312 g/mol. The number of anilines is 2. The smallest absolute Gasteiger partial charge is 0.254 e. The zero-order valence-electron chi connectivity index (χ0n) is 13.6. The number of hydrogen-bond acceptors (Lipinski definition) is 5. The van der Waals surface area contributed by atoms with E-state index < -0.39 is 0 Å². The van der Waals surface area contributed by atoms with Crippen molar-refractivity contribution in [3.63, 3.8) is 0 Å². The molecule has 24 heavy (non-hydrogen) atoms. The summed E-state index contributed by atoms with van der Waals surface area (Å²) in [5.41, 5.74) is 1.01. The Balaban J connectivity index is 1.93. The highest BCUT2D eigenvalue weighted by Crippen LogP contribution is 2.11. The van der Waals surface area contributed by atoms with Crippen molar-refractivity contribution in [3.05, 3.63) is 41.7 Å². The standard InChI is InChI=1S/C16H18N4O4/c1-10-8-14(19-24-10)18-15(22)9-20(3)16(23)12-4-6-13(7-5-12)17-11(2)21/h4-8H,9H2,1-3H3,(H,17,21)(H,18,19,22). The molecule has 126 valence electrons. The van der Waals surface area contributed by atoms with Gasteiger partial charge >= 0.3 is 0 Å². The number of hydrogen-bond donors (Lipinski definition) is 2. The van der Waals surface area contributed by atoms with Crippen LogP contribution in [0.5, 0.6) is 0 Å². The van der Waals surface area contributed by atoms with Gasteiger partial charge in [0.15, 0.2) is 5.82 Å². The van der Waals surface area contributed by atoms with Crippen LogP contribution in [0.15, 0.2) is 34.9 Å². The Bertz CT molecular complexity index is 752. The summed E-state index contributed by atoms with van der Waals surface area (Å²) >= 11 is 0. The molecule has 1 heterocycles. The summed E-state index contributed by atoms with van der Waals surface area (Å²) in [6.07, 6.45) is 0. The first-order chi connectivity index (χ1) is 11.3. The van der Waals surface area contributed by atoms with Gasteiger partial charge in [-0.25, -0.2) is 0 Å². The van der Waals surface area contributed by atoms with Crippen LogP contribution >= 0.6 is 0 Å². The van der Waals surface area contributed by atoms with Crippen molar-refractivity contribution in [1.29, 1.82) is 0 Å². The molecule has 1 aromatic heterocycles. The summed E-state index contributed by atoms with van der Waals surface area (Å²) in [5, 5.41) is 8.82. The van der Waals surface area contributed by atoms with Gasteiger partial charge in [0.25, 0.3) is 5.91 Å². The van der Waals surface area contributed by atoms with Gasteiger partial charge < -0.3 is 20.1 Å². The van der Waals surface area contributed by atoms with Crippen molar-refractivity contribution in [2.24, 2.45) is 0 Å². The average Bonchev–Trinajstić information content (AvgIpc) is 2.91. The van der Waals surface area contributed by atoms with E-state index in [0.717, 1.165) is 0 Å².